The van der Waals surface area contributed by atoms with Crippen molar-refractivity contribution in [1.82, 2.24) is 19.9 Å². The number of carbonyl (C=O) groups is 1. The summed E-state index contributed by atoms with van der Waals surface area (Å²) >= 11 is 1.44. The Morgan fingerprint density at radius 3 is 2.62 bits per heavy atom. The van der Waals surface area contributed by atoms with Crippen molar-refractivity contribution in [2.75, 3.05) is 37.7 Å². The van der Waals surface area contributed by atoms with Crippen LogP contribution in [0.15, 0.2) is 12.3 Å². The molecule has 128 valence electrons. The van der Waals surface area contributed by atoms with E-state index in [9.17, 15) is 4.79 Å². The lowest BCUT2D eigenvalue weighted by Crippen LogP contribution is -2.49. The Kier molecular flexibility index (Phi) is 4.94. The molecule has 3 rings (SSSR count). The van der Waals surface area contributed by atoms with Gasteiger partial charge in [0.15, 0.2) is 0 Å². The molecule has 0 bridgehead atoms. The zero-order chi connectivity index (χ0) is 17.1. The molecule has 0 N–H and O–H groups in total. The lowest BCUT2D eigenvalue weighted by Gasteiger charge is -2.34. The minimum atomic E-state index is 0.0559. The van der Waals surface area contributed by atoms with Crippen LogP contribution in [-0.2, 0) is 0 Å². The summed E-state index contributed by atoms with van der Waals surface area (Å²) in [5, 5.41) is 0.911. The van der Waals surface area contributed by atoms with Crippen molar-refractivity contribution in [3.8, 4) is 5.88 Å². The van der Waals surface area contributed by atoms with Crippen molar-refractivity contribution in [2.45, 2.75) is 20.8 Å². The summed E-state index contributed by atoms with van der Waals surface area (Å²) in [5.41, 5.74) is 0.877. The van der Waals surface area contributed by atoms with Crippen LogP contribution in [0, 0.1) is 13.8 Å². The van der Waals surface area contributed by atoms with E-state index in [4.69, 9.17) is 4.74 Å². The first-order valence-corrected chi connectivity index (χ1v) is 8.83. The maximum absolute atomic E-state index is 12.5. The smallest absolute Gasteiger partial charge is 0.265 e. The second kappa shape index (κ2) is 7.12. The third-order valence-corrected chi connectivity index (χ3v) is 4.69. The van der Waals surface area contributed by atoms with E-state index < -0.39 is 0 Å². The van der Waals surface area contributed by atoms with Gasteiger partial charge in [0.2, 0.25) is 11.8 Å². The molecule has 0 radical (unpaired) electrons. The quantitative estimate of drug-likeness (QED) is 0.841. The van der Waals surface area contributed by atoms with Crippen LogP contribution in [0.25, 0.3) is 0 Å². The van der Waals surface area contributed by atoms with E-state index in [0.717, 1.165) is 10.7 Å². The highest BCUT2D eigenvalue weighted by molar-refractivity contribution is 7.13. The van der Waals surface area contributed by atoms with Crippen molar-refractivity contribution in [3.05, 3.63) is 27.8 Å². The van der Waals surface area contributed by atoms with Crippen molar-refractivity contribution in [1.29, 1.82) is 0 Å². The van der Waals surface area contributed by atoms with Crippen LogP contribution in [0.2, 0.25) is 0 Å². The normalized spacial score (nSPS) is 14.8. The molecule has 0 unspecified atom stereocenters. The molecule has 2 aromatic heterocycles. The molecule has 0 aliphatic carbocycles. The molecule has 0 atom stereocenters. The maximum atomic E-state index is 12.5. The number of aromatic nitrogens is 3. The van der Waals surface area contributed by atoms with Crippen LogP contribution in [0.5, 0.6) is 5.88 Å². The average molecular weight is 347 g/mol. The number of nitrogens with zero attached hydrogens (tertiary/aromatic N) is 5. The number of thiazole rings is 1. The van der Waals surface area contributed by atoms with Gasteiger partial charge >= 0.3 is 0 Å². The third-order valence-electron chi connectivity index (χ3n) is 3.79. The Balaban J connectivity index is 1.65. The summed E-state index contributed by atoms with van der Waals surface area (Å²) in [6.45, 7) is 9.06. The van der Waals surface area contributed by atoms with Crippen LogP contribution >= 0.6 is 11.3 Å². The fraction of sp³-hybridized carbons (Fsp3) is 0.500. The number of hydrogen-bond donors (Lipinski definition) is 0. The number of hydrogen-bond acceptors (Lipinski definition) is 7. The molecule has 1 amide bonds. The summed E-state index contributed by atoms with van der Waals surface area (Å²) in [7, 11) is 0. The minimum Gasteiger partial charge on any atom is -0.478 e. The Hall–Kier alpha value is -2.22. The van der Waals surface area contributed by atoms with Crippen LogP contribution in [0.1, 0.15) is 27.3 Å². The topological polar surface area (TPSA) is 71.5 Å². The fourth-order valence-corrected chi connectivity index (χ4v) is 3.36. The Morgan fingerprint density at radius 1 is 1.25 bits per heavy atom. The van der Waals surface area contributed by atoms with Gasteiger partial charge < -0.3 is 14.5 Å². The van der Waals surface area contributed by atoms with Gasteiger partial charge in [-0.05, 0) is 20.8 Å². The van der Waals surface area contributed by atoms with E-state index in [1.165, 1.54) is 11.3 Å². The fourth-order valence-electron chi connectivity index (χ4n) is 2.61. The van der Waals surface area contributed by atoms with Gasteiger partial charge in [0, 0.05) is 37.9 Å². The monoisotopic (exact) mass is 347 g/mol. The van der Waals surface area contributed by atoms with Gasteiger partial charge in [-0.3, -0.25) is 4.79 Å². The Morgan fingerprint density at radius 2 is 2.00 bits per heavy atom. The van der Waals surface area contributed by atoms with Gasteiger partial charge in [0.05, 0.1) is 17.8 Å². The van der Waals surface area contributed by atoms with Crippen LogP contribution in [0.3, 0.4) is 0 Å². The summed E-state index contributed by atoms with van der Waals surface area (Å²) in [4.78, 5) is 30.2. The first-order valence-electron chi connectivity index (χ1n) is 8.02. The number of anilines is 1. The standard InChI is InChI=1S/C16H21N5O2S/c1-4-23-14-9-11(2)18-16(19-14)21-7-5-20(6-8-21)15(22)13-10-17-12(3)24-13/h9-10H,4-8H2,1-3H3. The van der Waals surface area contributed by atoms with E-state index in [1.807, 2.05) is 31.7 Å². The first-order chi connectivity index (χ1) is 11.6. The lowest BCUT2D eigenvalue weighted by molar-refractivity contribution is 0.0750. The summed E-state index contributed by atoms with van der Waals surface area (Å²) < 4.78 is 5.49. The highest BCUT2D eigenvalue weighted by Crippen LogP contribution is 2.19. The molecular formula is C16H21N5O2S. The maximum Gasteiger partial charge on any atom is 0.265 e. The molecule has 7 nitrogen and oxygen atoms in total. The Bertz CT molecular complexity index is 725. The second-order valence-electron chi connectivity index (χ2n) is 5.60. The van der Waals surface area contributed by atoms with E-state index in [2.05, 4.69) is 19.9 Å². The number of amides is 1. The highest BCUT2D eigenvalue weighted by Gasteiger charge is 2.25. The summed E-state index contributed by atoms with van der Waals surface area (Å²) in [5.74, 6) is 1.32. The Labute approximate surface area is 145 Å². The van der Waals surface area contributed by atoms with Crippen molar-refractivity contribution < 1.29 is 9.53 Å². The first kappa shape index (κ1) is 16.6. The second-order valence-corrected chi connectivity index (χ2v) is 6.84. The molecule has 1 aliphatic heterocycles. The molecule has 1 fully saturated rings. The lowest BCUT2D eigenvalue weighted by atomic mass is 10.3. The zero-order valence-corrected chi connectivity index (χ0v) is 15.0. The zero-order valence-electron chi connectivity index (χ0n) is 14.2. The highest BCUT2D eigenvalue weighted by atomic mass is 32.1. The van der Waals surface area contributed by atoms with E-state index in [-0.39, 0.29) is 5.91 Å². The number of carbonyl (C=O) groups excluding carboxylic acids is 1. The van der Waals surface area contributed by atoms with Crippen molar-refractivity contribution >= 4 is 23.2 Å². The average Bonchev–Trinajstić information content (AvgIpc) is 3.00. The number of ether oxygens (including phenoxy) is 1. The van der Waals surface area contributed by atoms with Gasteiger partial charge in [0.1, 0.15) is 4.88 Å². The number of piperazine rings is 1. The third kappa shape index (κ3) is 3.64. The minimum absolute atomic E-state index is 0.0559. The number of rotatable bonds is 4. The summed E-state index contributed by atoms with van der Waals surface area (Å²) in [6, 6.07) is 1.83. The molecule has 1 aliphatic rings. The van der Waals surface area contributed by atoms with Gasteiger partial charge in [-0.2, -0.15) is 4.98 Å². The molecular weight excluding hydrogens is 326 g/mol. The predicted octanol–water partition coefficient (Wildman–Crippen LogP) is 1.91. The molecule has 8 heteroatoms. The van der Waals surface area contributed by atoms with Gasteiger partial charge in [-0.1, -0.05) is 0 Å². The van der Waals surface area contributed by atoms with Gasteiger partial charge in [-0.25, -0.2) is 9.97 Å². The predicted molar refractivity (Wildman–Crippen MR) is 92.9 cm³/mol. The molecule has 3 heterocycles. The molecule has 0 spiro atoms. The van der Waals surface area contributed by atoms with E-state index in [1.54, 1.807) is 6.20 Å². The van der Waals surface area contributed by atoms with Crippen LogP contribution < -0.4 is 9.64 Å². The molecule has 0 saturated carbocycles. The molecule has 0 aromatic carbocycles. The van der Waals surface area contributed by atoms with Crippen molar-refractivity contribution in [2.24, 2.45) is 0 Å². The number of aryl methyl sites for hydroxylation is 2. The van der Waals surface area contributed by atoms with Gasteiger partial charge in [-0.15, -0.1) is 11.3 Å². The van der Waals surface area contributed by atoms with E-state index in [0.29, 0.717) is 49.5 Å². The molecule has 1 saturated heterocycles. The van der Waals surface area contributed by atoms with Crippen LogP contribution in [-0.4, -0.2) is 58.5 Å². The van der Waals surface area contributed by atoms with Crippen molar-refractivity contribution in [3.63, 3.8) is 0 Å². The molecule has 24 heavy (non-hydrogen) atoms. The SMILES string of the molecule is CCOc1cc(C)nc(N2CCN(C(=O)c3cnc(C)s3)CC2)n1. The van der Waals surface area contributed by atoms with E-state index >= 15 is 0 Å². The summed E-state index contributed by atoms with van der Waals surface area (Å²) in [6.07, 6.45) is 1.66. The van der Waals surface area contributed by atoms with Gasteiger partial charge in [0.25, 0.3) is 5.91 Å². The van der Waals surface area contributed by atoms with Crippen LogP contribution in [0.4, 0.5) is 5.95 Å². The largest absolute Gasteiger partial charge is 0.478 e. The molecule has 2 aromatic rings.